The van der Waals surface area contributed by atoms with Gasteiger partial charge in [0.25, 0.3) is 0 Å². The van der Waals surface area contributed by atoms with Gasteiger partial charge >= 0.3 is 0 Å². The molecule has 2 amide bonds. The normalized spacial score (nSPS) is 20.2. The predicted octanol–water partition coefficient (Wildman–Crippen LogP) is 3.37. The largest absolute Gasteiger partial charge is 0.496 e. The molecule has 1 aromatic heterocycles. The summed E-state index contributed by atoms with van der Waals surface area (Å²) in [4.78, 5) is 32.9. The Morgan fingerprint density at radius 1 is 1.37 bits per heavy atom. The summed E-state index contributed by atoms with van der Waals surface area (Å²) in [6.45, 7) is 3.10. The fraction of sp³-hybridized carbons (Fsp3) is 0.462. The van der Waals surface area contributed by atoms with Crippen LogP contribution in [0.2, 0.25) is 0 Å². The van der Waals surface area contributed by atoms with Crippen LogP contribution in [0.3, 0.4) is 0 Å². The lowest BCUT2D eigenvalue weighted by Gasteiger charge is -2.28. The van der Waals surface area contributed by atoms with Gasteiger partial charge in [-0.1, -0.05) is 25.1 Å². The Morgan fingerprint density at radius 2 is 2.17 bits per heavy atom. The minimum absolute atomic E-state index is 0.0208. The second-order valence-corrected chi connectivity index (χ2v) is 10.3. The second-order valence-electron chi connectivity index (χ2n) is 9.03. The molecule has 9 heteroatoms. The molecule has 3 heterocycles. The summed E-state index contributed by atoms with van der Waals surface area (Å²) in [5.41, 5.74) is 2.05. The summed E-state index contributed by atoms with van der Waals surface area (Å²) < 4.78 is 7.36. The van der Waals surface area contributed by atoms with Crippen molar-refractivity contribution in [2.75, 3.05) is 20.2 Å². The van der Waals surface area contributed by atoms with E-state index in [9.17, 15) is 14.9 Å². The number of aromatic nitrogens is 2. The Balaban J connectivity index is 1.33. The topological polar surface area (TPSA) is 100 Å². The molecule has 8 nitrogen and oxygen atoms in total. The number of imidazole rings is 1. The minimum atomic E-state index is -0.370. The summed E-state index contributed by atoms with van der Waals surface area (Å²) >= 11 is 1.52. The first-order valence-corrected chi connectivity index (χ1v) is 12.7. The van der Waals surface area contributed by atoms with Crippen molar-refractivity contribution >= 4 is 23.6 Å². The van der Waals surface area contributed by atoms with E-state index in [-0.39, 0.29) is 29.0 Å². The molecule has 3 atom stereocenters. The number of amides is 2. The number of para-hydroxylation sites is 1. The van der Waals surface area contributed by atoms with E-state index in [0.717, 1.165) is 27.6 Å². The molecule has 0 radical (unpaired) electrons. The van der Waals surface area contributed by atoms with Crippen LogP contribution in [0.25, 0.3) is 0 Å². The number of aryl methyl sites for hydroxylation is 2. The van der Waals surface area contributed by atoms with Crippen molar-refractivity contribution in [3.8, 4) is 11.8 Å². The SMILES string of the molecule is COc1ccccc1C(C)CC(=O)NC1SC2=C(CCN(C(=O)CCc3nccn3C)C2)C1C#N. The molecule has 0 fully saturated rings. The van der Waals surface area contributed by atoms with Gasteiger partial charge in [0, 0.05) is 50.2 Å². The number of nitrogens with zero attached hydrogens (tertiary/aromatic N) is 4. The van der Waals surface area contributed by atoms with Crippen LogP contribution in [-0.4, -0.2) is 51.8 Å². The second kappa shape index (κ2) is 11.0. The zero-order valence-electron chi connectivity index (χ0n) is 20.4. The molecule has 1 aromatic carbocycles. The standard InChI is InChI=1S/C26H31N5O3S/c1-17(18-6-4-5-7-21(18)34-3)14-24(32)29-26-20(15-27)19-10-12-31(16-22(19)35-26)25(33)9-8-23-28-11-13-30(23)2/h4-7,11,13,17,20,26H,8-10,12,14,16H2,1-3H3,(H,29,32). The number of carbonyl (C=O) groups is 2. The van der Waals surface area contributed by atoms with Crippen LogP contribution >= 0.6 is 11.8 Å². The summed E-state index contributed by atoms with van der Waals surface area (Å²) in [5.74, 6) is 1.26. The maximum Gasteiger partial charge on any atom is 0.223 e. The van der Waals surface area contributed by atoms with Crippen LogP contribution in [0.15, 0.2) is 47.1 Å². The first-order chi connectivity index (χ1) is 16.9. The van der Waals surface area contributed by atoms with Gasteiger partial charge < -0.3 is 19.5 Å². The number of rotatable bonds is 8. The van der Waals surface area contributed by atoms with Crippen LogP contribution in [0.4, 0.5) is 0 Å². The van der Waals surface area contributed by atoms with Crippen LogP contribution in [0.1, 0.15) is 43.5 Å². The number of carbonyl (C=O) groups excluding carboxylic acids is 2. The third-order valence-electron chi connectivity index (χ3n) is 6.73. The first kappa shape index (κ1) is 24.9. The molecule has 0 saturated carbocycles. The average molecular weight is 494 g/mol. The molecule has 0 saturated heterocycles. The van der Waals surface area contributed by atoms with Gasteiger partial charge in [0.1, 0.15) is 11.6 Å². The van der Waals surface area contributed by atoms with Crippen molar-refractivity contribution in [2.24, 2.45) is 13.0 Å². The third kappa shape index (κ3) is 5.54. The minimum Gasteiger partial charge on any atom is -0.496 e. The van der Waals surface area contributed by atoms with E-state index in [4.69, 9.17) is 4.74 Å². The molecule has 0 aliphatic carbocycles. The zero-order valence-corrected chi connectivity index (χ0v) is 21.2. The summed E-state index contributed by atoms with van der Waals surface area (Å²) in [6.07, 6.45) is 5.58. The van der Waals surface area contributed by atoms with Gasteiger partial charge in [0.05, 0.1) is 31.0 Å². The van der Waals surface area contributed by atoms with Gasteiger partial charge in [0.15, 0.2) is 0 Å². The maximum atomic E-state index is 12.9. The first-order valence-electron chi connectivity index (χ1n) is 11.9. The smallest absolute Gasteiger partial charge is 0.223 e. The molecule has 0 spiro atoms. The number of ether oxygens (including phenoxy) is 1. The molecule has 3 unspecified atom stereocenters. The molecule has 2 aliphatic rings. The van der Waals surface area contributed by atoms with Gasteiger partial charge in [0.2, 0.25) is 11.8 Å². The zero-order chi connectivity index (χ0) is 24.9. The predicted molar refractivity (Wildman–Crippen MR) is 134 cm³/mol. The van der Waals surface area contributed by atoms with E-state index in [1.807, 2.05) is 53.9 Å². The highest BCUT2D eigenvalue weighted by Crippen LogP contribution is 2.44. The monoisotopic (exact) mass is 493 g/mol. The van der Waals surface area contributed by atoms with Gasteiger partial charge in [-0.25, -0.2) is 4.98 Å². The molecular weight excluding hydrogens is 462 g/mol. The van der Waals surface area contributed by atoms with Crippen LogP contribution in [0.5, 0.6) is 5.75 Å². The molecule has 1 N–H and O–H groups in total. The molecular formula is C26H31N5O3S. The maximum absolute atomic E-state index is 12.9. The molecule has 2 aliphatic heterocycles. The highest BCUT2D eigenvalue weighted by Gasteiger charge is 2.39. The molecule has 184 valence electrons. The van der Waals surface area contributed by atoms with E-state index >= 15 is 0 Å². The highest BCUT2D eigenvalue weighted by molar-refractivity contribution is 8.04. The Labute approximate surface area is 210 Å². The Kier molecular flexibility index (Phi) is 7.81. The van der Waals surface area contributed by atoms with Gasteiger partial charge in [-0.2, -0.15) is 5.26 Å². The van der Waals surface area contributed by atoms with Crippen molar-refractivity contribution in [1.82, 2.24) is 19.8 Å². The number of benzene rings is 1. The van der Waals surface area contributed by atoms with E-state index in [2.05, 4.69) is 16.4 Å². The molecule has 35 heavy (non-hydrogen) atoms. The number of hydrogen-bond acceptors (Lipinski definition) is 6. The molecule has 2 aromatic rings. The van der Waals surface area contributed by atoms with Crippen LogP contribution in [0, 0.1) is 17.2 Å². The third-order valence-corrected chi connectivity index (χ3v) is 8.05. The lowest BCUT2D eigenvalue weighted by atomic mass is 9.93. The van der Waals surface area contributed by atoms with E-state index in [0.29, 0.717) is 38.8 Å². The van der Waals surface area contributed by atoms with Crippen molar-refractivity contribution < 1.29 is 14.3 Å². The number of nitriles is 1. The van der Waals surface area contributed by atoms with E-state index < -0.39 is 0 Å². The molecule has 0 bridgehead atoms. The van der Waals surface area contributed by atoms with E-state index in [1.54, 1.807) is 13.3 Å². The Hall–Kier alpha value is -3.25. The quantitative estimate of drug-likeness (QED) is 0.605. The summed E-state index contributed by atoms with van der Waals surface area (Å²) in [6, 6.07) is 10.1. The van der Waals surface area contributed by atoms with Crippen molar-refractivity contribution in [1.29, 1.82) is 5.26 Å². The van der Waals surface area contributed by atoms with Gasteiger partial charge in [-0.15, -0.1) is 11.8 Å². The van der Waals surface area contributed by atoms with Crippen molar-refractivity contribution in [2.45, 2.75) is 43.9 Å². The number of thioether (sulfide) groups is 1. The van der Waals surface area contributed by atoms with E-state index in [1.165, 1.54) is 11.8 Å². The summed E-state index contributed by atoms with van der Waals surface area (Å²) in [5, 5.41) is 12.6. The Morgan fingerprint density at radius 3 is 2.89 bits per heavy atom. The number of nitrogens with one attached hydrogen (secondary N) is 1. The summed E-state index contributed by atoms with van der Waals surface area (Å²) in [7, 11) is 3.55. The lowest BCUT2D eigenvalue weighted by molar-refractivity contribution is -0.131. The fourth-order valence-electron chi connectivity index (χ4n) is 4.76. The highest BCUT2D eigenvalue weighted by atomic mass is 32.2. The average Bonchev–Trinajstić information content (AvgIpc) is 3.43. The molecule has 4 rings (SSSR count). The Bertz CT molecular complexity index is 1170. The number of hydrogen-bond donors (Lipinski definition) is 1. The van der Waals surface area contributed by atoms with Crippen LogP contribution in [-0.2, 0) is 23.1 Å². The number of methoxy groups -OCH3 is 1. The van der Waals surface area contributed by atoms with Crippen LogP contribution < -0.4 is 10.1 Å². The lowest BCUT2D eigenvalue weighted by Crippen LogP contribution is -2.37. The van der Waals surface area contributed by atoms with Crippen molar-refractivity contribution in [3.63, 3.8) is 0 Å². The van der Waals surface area contributed by atoms with Gasteiger partial charge in [-0.3, -0.25) is 9.59 Å². The fourth-order valence-corrected chi connectivity index (χ4v) is 6.23. The van der Waals surface area contributed by atoms with Crippen molar-refractivity contribution in [3.05, 3.63) is 58.5 Å². The van der Waals surface area contributed by atoms with Gasteiger partial charge in [-0.05, 0) is 29.5 Å².